The van der Waals surface area contributed by atoms with Gasteiger partial charge >= 0.3 is 6.18 Å². The molecule has 6 heterocycles. The number of hydrogen-bond donors (Lipinski definition) is 3. The van der Waals surface area contributed by atoms with Gasteiger partial charge in [0.15, 0.2) is 11.4 Å². The molecule has 0 aliphatic carbocycles. The number of pyridine rings is 1. The first kappa shape index (κ1) is 36.6. The van der Waals surface area contributed by atoms with E-state index in [1.165, 1.54) is 40.2 Å². The van der Waals surface area contributed by atoms with Crippen LogP contribution in [0.2, 0.25) is 0 Å². The number of carbonyl (C=O) groups excluding carboxylic acids is 4. The van der Waals surface area contributed by atoms with Gasteiger partial charge in [0.2, 0.25) is 17.7 Å². The van der Waals surface area contributed by atoms with E-state index in [-0.39, 0.29) is 66.2 Å². The maximum atomic E-state index is 15.2. The van der Waals surface area contributed by atoms with E-state index in [0.29, 0.717) is 37.1 Å². The molecular formula is C34H31F6N9O5. The van der Waals surface area contributed by atoms with Crippen LogP contribution in [-0.2, 0) is 22.7 Å². The number of aromatic nitrogens is 4. The molecule has 2 fully saturated rings. The molecule has 3 aromatic heterocycles. The predicted octanol–water partition coefficient (Wildman–Crippen LogP) is 4.83. The Labute approximate surface area is 301 Å². The molecule has 284 valence electrons. The maximum absolute atomic E-state index is 15.2. The highest BCUT2D eigenvalue weighted by atomic mass is 19.4. The van der Waals surface area contributed by atoms with Gasteiger partial charge in [-0.15, -0.1) is 0 Å². The lowest BCUT2D eigenvalue weighted by atomic mass is 10.0. The van der Waals surface area contributed by atoms with Crippen LogP contribution in [-0.4, -0.2) is 85.0 Å². The van der Waals surface area contributed by atoms with Crippen LogP contribution in [0.3, 0.4) is 0 Å². The molecule has 3 aliphatic rings. The van der Waals surface area contributed by atoms with Crippen molar-refractivity contribution in [2.24, 2.45) is 0 Å². The number of oxazole rings is 1. The Morgan fingerprint density at radius 3 is 2.59 bits per heavy atom. The highest BCUT2D eigenvalue weighted by molar-refractivity contribution is 6.05. The number of nitrogens with one attached hydrogen (secondary N) is 3. The van der Waals surface area contributed by atoms with Gasteiger partial charge in [0.1, 0.15) is 30.5 Å². The minimum atomic E-state index is -4.48. The number of hydrogen-bond acceptors (Lipinski definition) is 10. The second-order valence-corrected chi connectivity index (χ2v) is 13.1. The summed E-state index contributed by atoms with van der Waals surface area (Å²) < 4.78 is 87.7. The Hall–Kier alpha value is -5.79. The number of rotatable bonds is 10. The summed E-state index contributed by atoms with van der Waals surface area (Å²) in [5, 5.41) is 10.8. The van der Waals surface area contributed by atoms with Gasteiger partial charge in [0, 0.05) is 61.7 Å². The lowest BCUT2D eigenvalue weighted by Gasteiger charge is -2.32. The zero-order chi connectivity index (χ0) is 38.3. The summed E-state index contributed by atoms with van der Waals surface area (Å²) in [5.41, 5.74) is 0.130. The Bertz CT molecular complexity index is 2110. The van der Waals surface area contributed by atoms with Crippen LogP contribution in [0.1, 0.15) is 75.8 Å². The molecule has 4 aromatic rings. The van der Waals surface area contributed by atoms with Crippen LogP contribution in [0, 0.1) is 5.82 Å². The zero-order valence-corrected chi connectivity index (χ0v) is 28.1. The number of halogens is 6. The molecular weight excluding hydrogens is 728 g/mol. The molecule has 0 radical (unpaired) electrons. The van der Waals surface area contributed by atoms with Crippen molar-refractivity contribution < 1.29 is 49.9 Å². The first-order valence-corrected chi connectivity index (χ1v) is 16.8. The molecule has 4 amide bonds. The van der Waals surface area contributed by atoms with Crippen molar-refractivity contribution in [2.45, 2.75) is 63.5 Å². The molecule has 0 saturated carbocycles. The van der Waals surface area contributed by atoms with Crippen molar-refractivity contribution in [1.82, 2.24) is 34.9 Å². The molecule has 0 bridgehead atoms. The molecule has 3 N–H and O–H groups in total. The van der Waals surface area contributed by atoms with Crippen molar-refractivity contribution in [1.29, 1.82) is 0 Å². The van der Waals surface area contributed by atoms with Gasteiger partial charge in [0.25, 0.3) is 18.2 Å². The molecule has 54 heavy (non-hydrogen) atoms. The highest BCUT2D eigenvalue weighted by Crippen LogP contribution is 2.33. The first-order valence-electron chi connectivity index (χ1n) is 16.8. The van der Waals surface area contributed by atoms with Crippen molar-refractivity contribution in [3.63, 3.8) is 0 Å². The van der Waals surface area contributed by atoms with Crippen LogP contribution in [0.25, 0.3) is 11.5 Å². The minimum absolute atomic E-state index is 0.101. The maximum Gasteiger partial charge on any atom is 0.405 e. The van der Waals surface area contributed by atoms with Crippen LogP contribution < -0.4 is 16.0 Å². The monoisotopic (exact) mass is 759 g/mol. The fourth-order valence-corrected chi connectivity index (χ4v) is 6.74. The van der Waals surface area contributed by atoms with Crippen molar-refractivity contribution >= 4 is 35.1 Å². The summed E-state index contributed by atoms with van der Waals surface area (Å²) in [6, 6.07) is 4.29. The quantitative estimate of drug-likeness (QED) is 0.151. The number of imide groups is 1. The summed E-state index contributed by atoms with van der Waals surface area (Å²) in [5.74, 6) is -3.13. The van der Waals surface area contributed by atoms with E-state index in [4.69, 9.17) is 4.42 Å². The van der Waals surface area contributed by atoms with E-state index >= 15 is 4.39 Å². The molecule has 20 heteroatoms. The lowest BCUT2D eigenvalue weighted by molar-refractivity contribution is -0.137. The van der Waals surface area contributed by atoms with Crippen LogP contribution >= 0.6 is 0 Å². The van der Waals surface area contributed by atoms with E-state index < -0.39 is 60.3 Å². The number of alkyl halides is 5. The third kappa shape index (κ3) is 7.78. The normalized spacial score (nSPS) is 18.3. The van der Waals surface area contributed by atoms with Crippen LogP contribution in [0.4, 0.5) is 37.8 Å². The largest absolute Gasteiger partial charge is 0.444 e. The van der Waals surface area contributed by atoms with E-state index in [1.54, 1.807) is 6.07 Å². The molecule has 0 spiro atoms. The van der Waals surface area contributed by atoms with Gasteiger partial charge in [-0.2, -0.15) is 18.3 Å². The molecule has 2 saturated heterocycles. The Balaban J connectivity index is 0.967. The minimum Gasteiger partial charge on any atom is -0.444 e. The molecule has 7 rings (SSSR count). The zero-order valence-electron chi connectivity index (χ0n) is 28.1. The molecule has 14 nitrogen and oxygen atoms in total. The predicted molar refractivity (Wildman–Crippen MR) is 175 cm³/mol. The second-order valence-electron chi connectivity index (χ2n) is 13.1. The van der Waals surface area contributed by atoms with E-state index in [2.05, 4.69) is 31.0 Å². The lowest BCUT2D eigenvalue weighted by Crippen LogP contribution is -2.52. The van der Waals surface area contributed by atoms with Gasteiger partial charge in [-0.25, -0.2) is 23.1 Å². The summed E-state index contributed by atoms with van der Waals surface area (Å²) in [4.78, 5) is 61.1. The summed E-state index contributed by atoms with van der Waals surface area (Å²) in [6.45, 7) is -0.0880. The fourth-order valence-electron chi connectivity index (χ4n) is 6.74. The number of nitrogens with zero attached hydrogens (tertiary/aromatic N) is 6. The van der Waals surface area contributed by atoms with E-state index in [0.717, 1.165) is 6.26 Å². The number of fused-ring (bicyclic) bond motifs is 1. The van der Waals surface area contributed by atoms with Crippen molar-refractivity contribution in [3.8, 4) is 11.5 Å². The average molecular weight is 760 g/mol. The fraction of sp³-hybridized carbons (Fsp3) is 0.382. The number of benzene rings is 1. The number of amides is 4. The number of likely N-dealkylation sites (tertiary alicyclic amines) is 1. The first-order chi connectivity index (χ1) is 25.7. The van der Waals surface area contributed by atoms with Crippen molar-refractivity contribution in [2.75, 3.05) is 30.3 Å². The van der Waals surface area contributed by atoms with Gasteiger partial charge < -0.3 is 20.0 Å². The topological polar surface area (TPSA) is 168 Å². The molecule has 3 aliphatic heterocycles. The smallest absolute Gasteiger partial charge is 0.405 e. The Kier molecular flexibility index (Phi) is 9.86. The van der Waals surface area contributed by atoms with E-state index in [1.807, 2.05) is 4.90 Å². The number of carbonyl (C=O) groups is 4. The number of piperidine rings is 2. The summed E-state index contributed by atoms with van der Waals surface area (Å²) in [7, 11) is 0. The summed E-state index contributed by atoms with van der Waals surface area (Å²) >= 11 is 0. The van der Waals surface area contributed by atoms with E-state index in [9.17, 15) is 41.1 Å². The molecule has 1 unspecified atom stereocenters. The average Bonchev–Trinajstić information content (AvgIpc) is 3.86. The molecule has 1 atom stereocenters. The van der Waals surface area contributed by atoms with Gasteiger partial charge in [0.05, 0.1) is 11.7 Å². The third-order valence-electron chi connectivity index (χ3n) is 9.44. The Morgan fingerprint density at radius 1 is 1.09 bits per heavy atom. The van der Waals surface area contributed by atoms with Crippen LogP contribution in [0.15, 0.2) is 47.3 Å². The number of anilines is 2. The van der Waals surface area contributed by atoms with Gasteiger partial charge in [-0.1, -0.05) is 0 Å². The van der Waals surface area contributed by atoms with Gasteiger partial charge in [-0.3, -0.25) is 34.1 Å². The van der Waals surface area contributed by atoms with Gasteiger partial charge in [-0.05, 0) is 49.1 Å². The summed E-state index contributed by atoms with van der Waals surface area (Å²) in [6.07, 6.45) is -2.79. The van der Waals surface area contributed by atoms with Crippen molar-refractivity contribution in [3.05, 3.63) is 76.8 Å². The molecule has 1 aromatic carbocycles. The SMILES string of the molecule is O=C1CCC(N2Cc3cc(CN4CCC(n5cc(NC(=O)c6coc(-c7ccnc(NCC(F)(F)F)c7)n6)c(C(F)F)n5)CC4)c(F)cc3C2=O)C(=O)N1. The second kappa shape index (κ2) is 14.6. The standard InChI is InChI=1S/C34H31F6N9O5/c35-22-11-21-18(13-48(33(21)53)25-1-2-27(50)45-31(25)52)9-19(22)12-47-7-4-20(5-8-47)49-14-23(28(46-49)29(36)37)43-30(51)24-15-54-32(44-24)17-3-6-41-26(10-17)42-16-34(38,39)40/h3,6,9-11,14-15,20,25,29H,1-2,4-5,7-8,12-13,16H2,(H,41,42)(H,43,51)(H,45,50,52). The van der Waals surface area contributed by atoms with Crippen LogP contribution in [0.5, 0.6) is 0 Å². The Morgan fingerprint density at radius 2 is 1.87 bits per heavy atom. The highest BCUT2D eigenvalue weighted by Gasteiger charge is 2.40. The third-order valence-corrected chi connectivity index (χ3v) is 9.44.